The van der Waals surface area contributed by atoms with Crippen LogP contribution in [0.3, 0.4) is 0 Å². The number of benzene rings is 2. The minimum Gasteiger partial charge on any atom is -0.386 e. The molecule has 1 N–H and O–H groups in total. The number of rotatable bonds is 3. The number of aliphatic imine (C=N–C) groups is 1. The highest BCUT2D eigenvalue weighted by molar-refractivity contribution is 6.06. The molecule has 0 bridgehead atoms. The van der Waals surface area contributed by atoms with Gasteiger partial charge in [0.2, 0.25) is 0 Å². The standard InChI is InChI=1S/C15H13F3N2/c1-19-12-9-5-6-10-13(12)20-14(15(16,17)18)11-7-3-2-4-8-11/h2-10,19H,1H3. The van der Waals surface area contributed by atoms with Crippen LogP contribution in [-0.2, 0) is 0 Å². The van der Waals surface area contributed by atoms with E-state index in [4.69, 9.17) is 0 Å². The minimum atomic E-state index is -4.51. The molecule has 5 heteroatoms. The summed E-state index contributed by atoms with van der Waals surface area (Å²) in [7, 11) is 1.64. The Morgan fingerprint density at radius 3 is 2.15 bits per heavy atom. The van der Waals surface area contributed by atoms with E-state index < -0.39 is 11.9 Å². The van der Waals surface area contributed by atoms with Crippen molar-refractivity contribution in [3.05, 3.63) is 60.2 Å². The lowest BCUT2D eigenvalue weighted by Crippen LogP contribution is -2.23. The van der Waals surface area contributed by atoms with Gasteiger partial charge >= 0.3 is 6.18 Å². The lowest BCUT2D eigenvalue weighted by molar-refractivity contribution is -0.0579. The first-order valence-electron chi connectivity index (χ1n) is 6.00. The Bertz CT molecular complexity index is 604. The molecule has 2 aromatic rings. The Balaban J connectivity index is 2.55. The van der Waals surface area contributed by atoms with Gasteiger partial charge in [-0.15, -0.1) is 0 Å². The third-order valence-electron chi connectivity index (χ3n) is 2.72. The average Bonchev–Trinajstić information content (AvgIpc) is 2.45. The maximum atomic E-state index is 13.2. The molecular weight excluding hydrogens is 265 g/mol. The zero-order chi connectivity index (χ0) is 14.6. The number of para-hydroxylation sites is 2. The van der Waals surface area contributed by atoms with Crippen molar-refractivity contribution in [2.75, 3.05) is 12.4 Å². The highest BCUT2D eigenvalue weighted by Crippen LogP contribution is 2.29. The Hall–Kier alpha value is -2.30. The van der Waals surface area contributed by atoms with Crippen LogP contribution in [0.25, 0.3) is 0 Å². The van der Waals surface area contributed by atoms with Gasteiger partial charge in [-0.1, -0.05) is 42.5 Å². The topological polar surface area (TPSA) is 24.4 Å². The van der Waals surface area contributed by atoms with Crippen molar-refractivity contribution in [2.45, 2.75) is 6.18 Å². The molecule has 2 nitrogen and oxygen atoms in total. The Labute approximate surface area is 115 Å². The van der Waals surface area contributed by atoms with Gasteiger partial charge in [0.25, 0.3) is 0 Å². The molecule has 0 heterocycles. The molecule has 0 radical (unpaired) electrons. The van der Waals surface area contributed by atoms with E-state index in [1.807, 2.05) is 0 Å². The predicted octanol–water partition coefficient (Wildman–Crippen LogP) is 4.41. The maximum absolute atomic E-state index is 13.2. The number of halogens is 3. The molecule has 0 aliphatic heterocycles. The lowest BCUT2D eigenvalue weighted by Gasteiger charge is -2.12. The molecule has 104 valence electrons. The zero-order valence-electron chi connectivity index (χ0n) is 10.8. The molecule has 0 unspecified atom stereocenters. The van der Waals surface area contributed by atoms with E-state index in [1.54, 1.807) is 49.5 Å². The van der Waals surface area contributed by atoms with E-state index in [2.05, 4.69) is 10.3 Å². The Morgan fingerprint density at radius 2 is 1.55 bits per heavy atom. The number of nitrogens with zero attached hydrogens (tertiary/aromatic N) is 1. The SMILES string of the molecule is CNc1ccccc1N=C(c1ccccc1)C(F)(F)F. The molecule has 0 saturated heterocycles. The van der Waals surface area contributed by atoms with Crippen LogP contribution in [0.4, 0.5) is 24.5 Å². The summed E-state index contributed by atoms with van der Waals surface area (Å²) in [6.07, 6.45) is -4.51. The van der Waals surface area contributed by atoms with Crippen molar-refractivity contribution in [3.8, 4) is 0 Å². The molecule has 20 heavy (non-hydrogen) atoms. The van der Waals surface area contributed by atoms with E-state index in [0.29, 0.717) is 5.69 Å². The number of hydrogen-bond acceptors (Lipinski definition) is 2. The van der Waals surface area contributed by atoms with Crippen LogP contribution in [0.1, 0.15) is 5.56 Å². The van der Waals surface area contributed by atoms with Crippen molar-refractivity contribution in [3.63, 3.8) is 0 Å². The third kappa shape index (κ3) is 3.17. The van der Waals surface area contributed by atoms with Gasteiger partial charge in [-0.25, -0.2) is 4.99 Å². The van der Waals surface area contributed by atoms with Gasteiger partial charge in [0, 0.05) is 12.6 Å². The number of nitrogens with one attached hydrogen (secondary N) is 1. The number of anilines is 1. The van der Waals surface area contributed by atoms with Crippen LogP contribution in [-0.4, -0.2) is 18.9 Å². The fourth-order valence-corrected chi connectivity index (χ4v) is 1.79. The van der Waals surface area contributed by atoms with Gasteiger partial charge in [-0.2, -0.15) is 13.2 Å². The molecule has 0 spiro atoms. The summed E-state index contributed by atoms with van der Waals surface area (Å²) in [5.74, 6) is 0. The van der Waals surface area contributed by atoms with Crippen molar-refractivity contribution in [1.82, 2.24) is 0 Å². The fraction of sp³-hybridized carbons (Fsp3) is 0.133. The highest BCUT2D eigenvalue weighted by Gasteiger charge is 2.36. The molecule has 0 aromatic heterocycles. The minimum absolute atomic E-state index is 0.0471. The molecule has 2 aromatic carbocycles. The van der Waals surface area contributed by atoms with E-state index in [1.165, 1.54) is 12.1 Å². The largest absolute Gasteiger partial charge is 0.433 e. The average molecular weight is 278 g/mol. The molecule has 0 atom stereocenters. The van der Waals surface area contributed by atoms with Gasteiger partial charge in [-0.3, -0.25) is 0 Å². The molecule has 2 rings (SSSR count). The number of hydrogen-bond donors (Lipinski definition) is 1. The summed E-state index contributed by atoms with van der Waals surface area (Å²) in [4.78, 5) is 3.80. The molecule has 0 aliphatic rings. The fourth-order valence-electron chi connectivity index (χ4n) is 1.79. The van der Waals surface area contributed by atoms with E-state index in [0.717, 1.165) is 0 Å². The first-order valence-corrected chi connectivity index (χ1v) is 6.00. The van der Waals surface area contributed by atoms with Crippen molar-refractivity contribution >= 4 is 17.1 Å². The zero-order valence-corrected chi connectivity index (χ0v) is 10.8. The summed E-state index contributed by atoms with van der Waals surface area (Å²) in [5.41, 5.74) is -0.0527. The predicted molar refractivity (Wildman–Crippen MR) is 74.7 cm³/mol. The summed E-state index contributed by atoms with van der Waals surface area (Å²) < 4.78 is 39.5. The van der Waals surface area contributed by atoms with Crippen LogP contribution in [0, 0.1) is 0 Å². The molecule has 0 saturated carbocycles. The quantitative estimate of drug-likeness (QED) is 0.826. The van der Waals surface area contributed by atoms with Crippen LogP contribution in [0.5, 0.6) is 0 Å². The van der Waals surface area contributed by atoms with E-state index in [9.17, 15) is 13.2 Å². The van der Waals surface area contributed by atoms with Gasteiger partial charge in [-0.05, 0) is 12.1 Å². The van der Waals surface area contributed by atoms with Gasteiger partial charge < -0.3 is 5.32 Å². The lowest BCUT2D eigenvalue weighted by atomic mass is 10.1. The Morgan fingerprint density at radius 1 is 0.950 bits per heavy atom. The second-order valence-electron chi connectivity index (χ2n) is 4.09. The molecule has 0 aliphatic carbocycles. The first-order chi connectivity index (χ1) is 9.52. The summed E-state index contributed by atoms with van der Waals surface area (Å²) in [5, 5.41) is 2.83. The first kappa shape index (κ1) is 14.1. The Kier molecular flexibility index (Phi) is 4.08. The smallest absolute Gasteiger partial charge is 0.386 e. The second kappa shape index (κ2) is 5.77. The van der Waals surface area contributed by atoms with E-state index in [-0.39, 0.29) is 11.3 Å². The summed E-state index contributed by atoms with van der Waals surface area (Å²) in [6, 6.07) is 14.2. The van der Waals surface area contributed by atoms with Gasteiger partial charge in [0.15, 0.2) is 5.71 Å². The van der Waals surface area contributed by atoms with Crippen molar-refractivity contribution < 1.29 is 13.2 Å². The van der Waals surface area contributed by atoms with Crippen LogP contribution in [0.2, 0.25) is 0 Å². The third-order valence-corrected chi connectivity index (χ3v) is 2.72. The monoisotopic (exact) mass is 278 g/mol. The molecular formula is C15H13F3N2. The van der Waals surface area contributed by atoms with E-state index >= 15 is 0 Å². The van der Waals surface area contributed by atoms with Gasteiger partial charge in [0.05, 0.1) is 11.4 Å². The van der Waals surface area contributed by atoms with Crippen LogP contribution < -0.4 is 5.32 Å². The highest BCUT2D eigenvalue weighted by atomic mass is 19.4. The van der Waals surface area contributed by atoms with Crippen LogP contribution >= 0.6 is 0 Å². The summed E-state index contributed by atoms with van der Waals surface area (Å²) in [6.45, 7) is 0. The van der Waals surface area contributed by atoms with Crippen molar-refractivity contribution in [1.29, 1.82) is 0 Å². The summed E-state index contributed by atoms with van der Waals surface area (Å²) >= 11 is 0. The normalized spacial score (nSPS) is 12.3. The second-order valence-corrected chi connectivity index (χ2v) is 4.09. The number of alkyl halides is 3. The van der Waals surface area contributed by atoms with Crippen LogP contribution in [0.15, 0.2) is 59.6 Å². The molecule has 0 fully saturated rings. The molecule has 0 amide bonds. The van der Waals surface area contributed by atoms with Gasteiger partial charge in [0.1, 0.15) is 0 Å². The van der Waals surface area contributed by atoms with Crippen molar-refractivity contribution in [2.24, 2.45) is 4.99 Å². The maximum Gasteiger partial charge on any atom is 0.433 e.